The van der Waals surface area contributed by atoms with E-state index >= 15 is 0 Å². The van der Waals surface area contributed by atoms with Gasteiger partial charge >= 0.3 is 0 Å². The highest BCUT2D eigenvalue weighted by molar-refractivity contribution is 5.91. The largest absolute Gasteiger partial charge is 0.365 e. The number of hydrogen-bond donors (Lipinski definition) is 3. The van der Waals surface area contributed by atoms with Crippen molar-refractivity contribution < 1.29 is 4.79 Å². The molecule has 0 atom stereocenters. The van der Waals surface area contributed by atoms with E-state index in [9.17, 15) is 4.79 Å². The van der Waals surface area contributed by atoms with E-state index in [2.05, 4.69) is 26.1 Å². The van der Waals surface area contributed by atoms with Gasteiger partial charge < -0.3 is 5.32 Å². The quantitative estimate of drug-likeness (QED) is 0.533. The number of nitrogens with one attached hydrogen (secondary N) is 3. The molecule has 0 saturated heterocycles. The SMILES string of the molecule is CCCNNC(=O)c1cnc(NCc2ccccc2)cn1. The fourth-order valence-electron chi connectivity index (χ4n) is 1.66. The van der Waals surface area contributed by atoms with E-state index in [-0.39, 0.29) is 11.6 Å². The van der Waals surface area contributed by atoms with E-state index < -0.39 is 0 Å². The van der Waals surface area contributed by atoms with E-state index in [0.717, 1.165) is 18.5 Å². The Hall–Kier alpha value is -2.47. The zero-order valence-electron chi connectivity index (χ0n) is 12.0. The summed E-state index contributed by atoms with van der Waals surface area (Å²) < 4.78 is 0. The maximum atomic E-state index is 11.7. The average molecular weight is 285 g/mol. The molecular weight excluding hydrogens is 266 g/mol. The van der Waals surface area contributed by atoms with Crippen LogP contribution in [0, 0.1) is 0 Å². The molecule has 0 aliphatic heterocycles. The van der Waals surface area contributed by atoms with Crippen LogP contribution in [0.3, 0.4) is 0 Å². The molecule has 0 radical (unpaired) electrons. The minimum atomic E-state index is -0.287. The van der Waals surface area contributed by atoms with Crippen LogP contribution >= 0.6 is 0 Å². The summed E-state index contributed by atoms with van der Waals surface area (Å²) in [6.07, 6.45) is 3.95. The number of amides is 1. The van der Waals surface area contributed by atoms with Crippen LogP contribution in [0.5, 0.6) is 0 Å². The average Bonchev–Trinajstić information content (AvgIpc) is 2.54. The van der Waals surface area contributed by atoms with Gasteiger partial charge in [-0.2, -0.15) is 0 Å². The molecule has 0 bridgehead atoms. The molecule has 6 nitrogen and oxygen atoms in total. The lowest BCUT2D eigenvalue weighted by Gasteiger charge is -2.07. The summed E-state index contributed by atoms with van der Waals surface area (Å²) in [4.78, 5) is 20.0. The van der Waals surface area contributed by atoms with Crippen molar-refractivity contribution in [2.45, 2.75) is 19.9 Å². The number of carbonyl (C=O) groups is 1. The van der Waals surface area contributed by atoms with Crippen LogP contribution in [-0.4, -0.2) is 22.4 Å². The number of hydrogen-bond acceptors (Lipinski definition) is 5. The van der Waals surface area contributed by atoms with E-state index in [0.29, 0.717) is 12.4 Å². The summed E-state index contributed by atoms with van der Waals surface area (Å²) in [5, 5.41) is 3.16. The van der Waals surface area contributed by atoms with Crippen molar-refractivity contribution in [1.82, 2.24) is 20.8 Å². The topological polar surface area (TPSA) is 78.9 Å². The third-order valence-electron chi connectivity index (χ3n) is 2.78. The smallest absolute Gasteiger partial charge is 0.285 e. The van der Waals surface area contributed by atoms with E-state index in [4.69, 9.17) is 0 Å². The van der Waals surface area contributed by atoms with Crippen LogP contribution in [0.4, 0.5) is 5.82 Å². The Balaban J connectivity index is 1.85. The summed E-state index contributed by atoms with van der Waals surface area (Å²) in [5.74, 6) is 0.350. The molecule has 2 aromatic rings. The summed E-state index contributed by atoms with van der Waals surface area (Å²) in [5.41, 5.74) is 6.82. The zero-order chi connectivity index (χ0) is 14.9. The van der Waals surface area contributed by atoms with Gasteiger partial charge in [0.05, 0.1) is 12.4 Å². The minimum Gasteiger partial charge on any atom is -0.365 e. The first-order chi connectivity index (χ1) is 10.3. The molecule has 0 spiro atoms. The first-order valence-corrected chi connectivity index (χ1v) is 6.92. The predicted molar refractivity (Wildman–Crippen MR) is 81.6 cm³/mol. The lowest BCUT2D eigenvalue weighted by molar-refractivity contribution is 0.0928. The fraction of sp³-hybridized carbons (Fsp3) is 0.267. The molecule has 110 valence electrons. The number of anilines is 1. The molecular formula is C15H19N5O. The van der Waals surface area contributed by atoms with Gasteiger partial charge in [0.15, 0.2) is 0 Å². The van der Waals surface area contributed by atoms with E-state index in [1.807, 2.05) is 37.3 Å². The number of nitrogens with zero attached hydrogens (tertiary/aromatic N) is 2. The van der Waals surface area contributed by atoms with E-state index in [1.165, 1.54) is 6.20 Å². The van der Waals surface area contributed by atoms with Gasteiger partial charge in [0.1, 0.15) is 11.5 Å². The molecule has 0 fully saturated rings. The van der Waals surface area contributed by atoms with Gasteiger partial charge in [-0.1, -0.05) is 37.3 Å². The van der Waals surface area contributed by atoms with Gasteiger partial charge in [0.25, 0.3) is 5.91 Å². The number of benzene rings is 1. The van der Waals surface area contributed by atoms with Gasteiger partial charge in [-0.3, -0.25) is 10.2 Å². The molecule has 1 amide bonds. The normalized spacial score (nSPS) is 10.1. The molecule has 21 heavy (non-hydrogen) atoms. The van der Waals surface area contributed by atoms with E-state index in [1.54, 1.807) is 6.20 Å². The molecule has 2 rings (SSSR count). The molecule has 0 aliphatic rings. The Labute approximate surface area is 124 Å². The maximum absolute atomic E-state index is 11.7. The van der Waals surface area contributed by atoms with Crippen molar-refractivity contribution >= 4 is 11.7 Å². The Morgan fingerprint density at radius 2 is 1.95 bits per heavy atom. The van der Waals surface area contributed by atoms with Crippen molar-refractivity contribution in [3.05, 3.63) is 54.0 Å². The second kappa shape index (κ2) is 7.96. The van der Waals surface area contributed by atoms with Crippen molar-refractivity contribution in [2.24, 2.45) is 0 Å². The van der Waals surface area contributed by atoms with Gasteiger partial charge in [-0.15, -0.1) is 0 Å². The second-order valence-electron chi connectivity index (χ2n) is 4.51. The van der Waals surface area contributed by atoms with Crippen LogP contribution in [0.2, 0.25) is 0 Å². The molecule has 0 saturated carbocycles. The third-order valence-corrected chi connectivity index (χ3v) is 2.78. The minimum absolute atomic E-state index is 0.281. The van der Waals surface area contributed by atoms with Crippen molar-refractivity contribution in [1.29, 1.82) is 0 Å². The van der Waals surface area contributed by atoms with Crippen molar-refractivity contribution in [3.63, 3.8) is 0 Å². The predicted octanol–water partition coefficient (Wildman–Crippen LogP) is 1.73. The lowest BCUT2D eigenvalue weighted by atomic mass is 10.2. The number of aromatic nitrogens is 2. The highest BCUT2D eigenvalue weighted by atomic mass is 16.2. The van der Waals surface area contributed by atoms with Crippen molar-refractivity contribution in [3.8, 4) is 0 Å². The standard InChI is InChI=1S/C15H19N5O/c1-2-8-19-20-15(21)13-10-18-14(11-16-13)17-9-12-6-4-3-5-7-12/h3-7,10-11,19H,2,8-9H2,1H3,(H,17,18)(H,20,21). The highest BCUT2D eigenvalue weighted by Gasteiger charge is 2.06. The van der Waals surface area contributed by atoms with Crippen LogP contribution in [0.15, 0.2) is 42.7 Å². The molecule has 1 aromatic heterocycles. The summed E-state index contributed by atoms with van der Waals surface area (Å²) in [6, 6.07) is 10.0. The monoisotopic (exact) mass is 285 g/mol. The number of carbonyl (C=O) groups excluding carboxylic acids is 1. The summed E-state index contributed by atoms with van der Waals surface area (Å²) in [7, 11) is 0. The molecule has 1 aromatic carbocycles. The van der Waals surface area contributed by atoms with Crippen molar-refractivity contribution in [2.75, 3.05) is 11.9 Å². The number of hydrazine groups is 1. The van der Waals surface area contributed by atoms with Gasteiger partial charge in [-0.05, 0) is 12.0 Å². The summed E-state index contributed by atoms with van der Waals surface area (Å²) in [6.45, 7) is 3.40. The Morgan fingerprint density at radius 1 is 1.14 bits per heavy atom. The van der Waals surface area contributed by atoms with Gasteiger partial charge in [0, 0.05) is 13.1 Å². The fourth-order valence-corrected chi connectivity index (χ4v) is 1.66. The van der Waals surface area contributed by atoms with Gasteiger partial charge in [0.2, 0.25) is 0 Å². The van der Waals surface area contributed by atoms with Crippen LogP contribution in [0.1, 0.15) is 29.4 Å². The zero-order valence-corrected chi connectivity index (χ0v) is 12.0. The van der Waals surface area contributed by atoms with Crippen LogP contribution in [-0.2, 0) is 6.54 Å². The Morgan fingerprint density at radius 3 is 2.62 bits per heavy atom. The van der Waals surface area contributed by atoms with Crippen LogP contribution < -0.4 is 16.2 Å². The Kier molecular flexibility index (Phi) is 5.66. The van der Waals surface area contributed by atoms with Gasteiger partial charge in [-0.25, -0.2) is 15.4 Å². The molecule has 1 heterocycles. The molecule has 0 unspecified atom stereocenters. The molecule has 3 N–H and O–H groups in total. The Bertz CT molecular complexity index is 556. The highest BCUT2D eigenvalue weighted by Crippen LogP contribution is 2.05. The lowest BCUT2D eigenvalue weighted by Crippen LogP contribution is -2.38. The first-order valence-electron chi connectivity index (χ1n) is 6.92. The second-order valence-corrected chi connectivity index (χ2v) is 4.51. The molecule has 0 aliphatic carbocycles. The number of rotatable bonds is 7. The first kappa shape index (κ1) is 14.9. The summed E-state index contributed by atoms with van der Waals surface area (Å²) >= 11 is 0. The molecule has 6 heteroatoms. The third kappa shape index (κ3) is 4.85. The maximum Gasteiger partial charge on any atom is 0.285 e. The van der Waals surface area contributed by atoms with Crippen LogP contribution in [0.25, 0.3) is 0 Å².